The van der Waals surface area contributed by atoms with Crippen LogP contribution in [0.4, 0.5) is 0 Å². The maximum absolute atomic E-state index is 9.41. The van der Waals surface area contributed by atoms with Crippen molar-refractivity contribution in [1.82, 2.24) is 0 Å². The van der Waals surface area contributed by atoms with E-state index in [0.717, 1.165) is 6.26 Å². The minimum Gasteiger partial charge on any atom is -0.394 e. The van der Waals surface area contributed by atoms with E-state index in [9.17, 15) is 8.42 Å². The number of rotatable bonds is 0. The highest BCUT2D eigenvalue weighted by Gasteiger charge is 1.78. The second-order valence-corrected chi connectivity index (χ2v) is 3.58. The molecule has 0 amide bonds. The van der Waals surface area contributed by atoms with Crippen molar-refractivity contribution < 1.29 is 13.5 Å². The Labute approximate surface area is 55.7 Å². The zero-order valence-electron chi connectivity index (χ0n) is 5.83. The molecule has 0 atom stereocenters. The third kappa shape index (κ3) is 16000. The molecule has 0 aromatic rings. The van der Waals surface area contributed by atoms with Gasteiger partial charge in [-0.05, 0) is 13.8 Å². The summed E-state index contributed by atoms with van der Waals surface area (Å²) >= 11 is 0. The summed E-state index contributed by atoms with van der Waals surface area (Å²) in [5.41, 5.74) is 0. The van der Waals surface area contributed by atoms with Gasteiger partial charge in [0.2, 0.25) is 10.0 Å². The average molecular weight is 155 g/mol. The van der Waals surface area contributed by atoms with Gasteiger partial charge in [-0.1, -0.05) is 0 Å². The van der Waals surface area contributed by atoms with Gasteiger partial charge in [0.25, 0.3) is 0 Å². The predicted molar refractivity (Wildman–Crippen MR) is 36.4 cm³/mol. The highest BCUT2D eigenvalue weighted by Crippen LogP contribution is 1.65. The summed E-state index contributed by atoms with van der Waals surface area (Å²) in [5, 5.41) is 12.4. The first-order chi connectivity index (χ1) is 3.73. The van der Waals surface area contributed by atoms with Crippen LogP contribution in [0.25, 0.3) is 0 Å². The first kappa shape index (κ1) is 11.6. The molecule has 0 radical (unpaired) electrons. The molecule has 0 aliphatic heterocycles. The van der Waals surface area contributed by atoms with E-state index in [1.165, 1.54) is 0 Å². The van der Waals surface area contributed by atoms with Crippen molar-refractivity contribution >= 4 is 10.0 Å². The highest BCUT2D eigenvalue weighted by molar-refractivity contribution is 7.88. The number of primary sulfonamides is 1. The van der Waals surface area contributed by atoms with E-state index < -0.39 is 10.0 Å². The van der Waals surface area contributed by atoms with Crippen LogP contribution in [0, 0.1) is 0 Å². The molecule has 0 spiro atoms. The van der Waals surface area contributed by atoms with Gasteiger partial charge in [-0.25, -0.2) is 13.6 Å². The third-order valence-electron chi connectivity index (χ3n) is 0. The molecule has 0 saturated carbocycles. The second kappa shape index (κ2) is 4.72. The Morgan fingerprint density at radius 1 is 1.44 bits per heavy atom. The normalized spacial score (nSPS) is 10.4. The standard InChI is InChI=1S/C3H8O.CH5NO2S/c1-3(2)4;1-5(2,3)4/h3-4H,1-2H3;1H3,(H2,2,3,4). The summed E-state index contributed by atoms with van der Waals surface area (Å²) in [5.74, 6) is 0. The Hall–Kier alpha value is -0.130. The average Bonchev–Trinajstić information content (AvgIpc) is 1.19. The van der Waals surface area contributed by atoms with Gasteiger partial charge in [-0.3, -0.25) is 0 Å². The zero-order valence-corrected chi connectivity index (χ0v) is 6.64. The fourth-order valence-corrected chi connectivity index (χ4v) is 0. The van der Waals surface area contributed by atoms with E-state index in [4.69, 9.17) is 5.11 Å². The minimum atomic E-state index is -3.17. The first-order valence-electron chi connectivity index (χ1n) is 2.39. The summed E-state index contributed by atoms with van der Waals surface area (Å²) in [6, 6.07) is 0. The molecule has 0 rings (SSSR count). The Morgan fingerprint density at radius 2 is 1.44 bits per heavy atom. The third-order valence-corrected chi connectivity index (χ3v) is 0. The molecule has 0 aliphatic carbocycles. The van der Waals surface area contributed by atoms with Crippen molar-refractivity contribution in [1.29, 1.82) is 0 Å². The number of nitrogens with two attached hydrogens (primary N) is 1. The van der Waals surface area contributed by atoms with Crippen molar-refractivity contribution in [3.05, 3.63) is 0 Å². The lowest BCUT2D eigenvalue weighted by atomic mass is 10.5. The lowest BCUT2D eigenvalue weighted by Gasteiger charge is -1.80. The van der Waals surface area contributed by atoms with Gasteiger partial charge in [0.05, 0.1) is 6.26 Å². The lowest BCUT2D eigenvalue weighted by molar-refractivity contribution is 0.216. The quantitative estimate of drug-likeness (QED) is 0.485. The van der Waals surface area contributed by atoms with Crippen LogP contribution in [0.15, 0.2) is 0 Å². The summed E-state index contributed by atoms with van der Waals surface area (Å²) in [7, 11) is -3.17. The van der Waals surface area contributed by atoms with Crippen LogP contribution >= 0.6 is 0 Å². The Balaban J connectivity index is 0. The Bertz CT molecular complexity index is 127. The summed E-state index contributed by atoms with van der Waals surface area (Å²) in [4.78, 5) is 0. The van der Waals surface area contributed by atoms with Gasteiger partial charge in [0.15, 0.2) is 0 Å². The topological polar surface area (TPSA) is 80.4 Å². The molecule has 0 saturated heterocycles. The molecular weight excluding hydrogens is 142 g/mol. The SMILES string of the molecule is CC(C)O.CS(N)(=O)=O. The molecule has 0 aromatic carbocycles. The molecule has 0 aliphatic rings. The molecule has 0 fully saturated rings. The number of aliphatic hydroxyl groups is 1. The molecule has 0 bridgehead atoms. The van der Waals surface area contributed by atoms with E-state index in [0.29, 0.717) is 0 Å². The minimum absolute atomic E-state index is 0.167. The van der Waals surface area contributed by atoms with Crippen LogP contribution in [-0.2, 0) is 10.0 Å². The lowest BCUT2D eigenvalue weighted by Crippen LogP contribution is -2.07. The summed E-state index contributed by atoms with van der Waals surface area (Å²) in [6.07, 6.45) is 0.771. The summed E-state index contributed by atoms with van der Waals surface area (Å²) < 4.78 is 18.8. The van der Waals surface area contributed by atoms with Crippen LogP contribution in [0.2, 0.25) is 0 Å². The van der Waals surface area contributed by atoms with Gasteiger partial charge in [-0.2, -0.15) is 0 Å². The van der Waals surface area contributed by atoms with E-state index in [1.54, 1.807) is 13.8 Å². The number of sulfonamides is 1. The molecule has 58 valence electrons. The number of hydrogen-bond acceptors (Lipinski definition) is 3. The van der Waals surface area contributed by atoms with Crippen molar-refractivity contribution in [2.24, 2.45) is 5.14 Å². The number of hydrogen-bond donors (Lipinski definition) is 2. The van der Waals surface area contributed by atoms with Crippen LogP contribution < -0.4 is 5.14 Å². The maximum atomic E-state index is 9.41. The molecular formula is C4H13NO3S. The van der Waals surface area contributed by atoms with Gasteiger partial charge >= 0.3 is 0 Å². The van der Waals surface area contributed by atoms with Gasteiger partial charge in [0, 0.05) is 6.10 Å². The van der Waals surface area contributed by atoms with Crippen molar-refractivity contribution in [3.8, 4) is 0 Å². The zero-order chi connectivity index (χ0) is 8.08. The van der Waals surface area contributed by atoms with Gasteiger partial charge in [-0.15, -0.1) is 0 Å². The smallest absolute Gasteiger partial charge is 0.206 e. The fraction of sp³-hybridized carbons (Fsp3) is 1.00. The Kier molecular flexibility index (Phi) is 6.11. The van der Waals surface area contributed by atoms with Crippen molar-refractivity contribution in [2.45, 2.75) is 20.0 Å². The summed E-state index contributed by atoms with van der Waals surface area (Å²) in [6.45, 7) is 3.44. The van der Waals surface area contributed by atoms with E-state index >= 15 is 0 Å². The number of aliphatic hydroxyl groups excluding tert-OH is 1. The van der Waals surface area contributed by atoms with Gasteiger partial charge < -0.3 is 5.11 Å². The largest absolute Gasteiger partial charge is 0.394 e. The molecule has 9 heavy (non-hydrogen) atoms. The molecule has 0 unspecified atom stereocenters. The molecule has 0 heterocycles. The van der Waals surface area contributed by atoms with E-state index in [1.807, 2.05) is 0 Å². The van der Waals surface area contributed by atoms with Gasteiger partial charge in [0.1, 0.15) is 0 Å². The Morgan fingerprint density at radius 3 is 1.44 bits per heavy atom. The van der Waals surface area contributed by atoms with E-state index in [2.05, 4.69) is 5.14 Å². The molecule has 3 N–H and O–H groups in total. The second-order valence-electron chi connectivity index (χ2n) is 1.92. The van der Waals surface area contributed by atoms with Crippen molar-refractivity contribution in [3.63, 3.8) is 0 Å². The van der Waals surface area contributed by atoms with Crippen LogP contribution in [0.3, 0.4) is 0 Å². The van der Waals surface area contributed by atoms with Crippen LogP contribution in [-0.4, -0.2) is 25.9 Å². The predicted octanol–water partition coefficient (Wildman–Crippen LogP) is -0.708. The first-order valence-corrected chi connectivity index (χ1v) is 4.34. The fourth-order valence-electron chi connectivity index (χ4n) is 0. The van der Waals surface area contributed by atoms with Crippen LogP contribution in [0.1, 0.15) is 13.8 Å². The van der Waals surface area contributed by atoms with Crippen molar-refractivity contribution in [2.75, 3.05) is 6.26 Å². The maximum Gasteiger partial charge on any atom is 0.206 e. The van der Waals surface area contributed by atoms with Crippen LogP contribution in [0.5, 0.6) is 0 Å². The molecule has 4 nitrogen and oxygen atoms in total. The molecule has 5 heteroatoms. The van der Waals surface area contributed by atoms with E-state index in [-0.39, 0.29) is 6.10 Å². The molecule has 0 aromatic heterocycles. The monoisotopic (exact) mass is 155 g/mol. The highest BCUT2D eigenvalue weighted by atomic mass is 32.2.